The molecule has 8 nitrogen and oxygen atoms in total. The fourth-order valence-corrected chi connectivity index (χ4v) is 3.31. The molecule has 0 spiro atoms. The van der Waals surface area contributed by atoms with Crippen LogP contribution in [0.2, 0.25) is 0 Å². The van der Waals surface area contributed by atoms with Gasteiger partial charge in [0, 0.05) is 0 Å². The number of halogens is 3. The molecule has 0 aliphatic rings. The first-order valence-electron chi connectivity index (χ1n) is 8.84. The Hall–Kier alpha value is -3.28. The summed E-state index contributed by atoms with van der Waals surface area (Å²) in [5, 5.41) is 13.4. The van der Waals surface area contributed by atoms with Gasteiger partial charge >= 0.3 is 6.18 Å². The van der Waals surface area contributed by atoms with Gasteiger partial charge in [0.2, 0.25) is 10.0 Å². The molecule has 0 aliphatic carbocycles. The molecular formula is C19H20F3N3O5S. The molecule has 168 valence electrons. The van der Waals surface area contributed by atoms with E-state index in [9.17, 15) is 31.5 Å². The molecule has 2 rings (SSSR count). The van der Waals surface area contributed by atoms with Crippen LogP contribution in [-0.4, -0.2) is 45.1 Å². The standard InChI is InChI=1S/C19H20F3N3O5S/c1-3-30-17-9-13(7-8-16(17)26)11-23-24-18(27)12-25(31(2,28)29)15-6-4-5-14(10-15)19(20,21)22/h4-11,26H,3,12H2,1-2H3,(H,24,27)/b23-11-. The maximum absolute atomic E-state index is 12.9. The van der Waals surface area contributed by atoms with Crippen LogP contribution in [0.5, 0.6) is 11.5 Å². The Morgan fingerprint density at radius 2 is 1.97 bits per heavy atom. The highest BCUT2D eigenvalue weighted by molar-refractivity contribution is 7.92. The van der Waals surface area contributed by atoms with E-state index < -0.39 is 34.2 Å². The van der Waals surface area contributed by atoms with Crippen molar-refractivity contribution >= 4 is 27.8 Å². The minimum Gasteiger partial charge on any atom is -0.504 e. The Morgan fingerprint density at radius 3 is 2.58 bits per heavy atom. The van der Waals surface area contributed by atoms with Crippen molar-refractivity contribution in [2.24, 2.45) is 5.10 Å². The maximum atomic E-state index is 12.9. The van der Waals surface area contributed by atoms with Crippen LogP contribution in [0.15, 0.2) is 47.6 Å². The minimum atomic E-state index is -4.67. The minimum absolute atomic E-state index is 0.0760. The highest BCUT2D eigenvalue weighted by atomic mass is 32.2. The summed E-state index contributed by atoms with van der Waals surface area (Å²) < 4.78 is 68.6. The smallest absolute Gasteiger partial charge is 0.416 e. The summed E-state index contributed by atoms with van der Waals surface area (Å²) in [6, 6.07) is 7.98. The van der Waals surface area contributed by atoms with Gasteiger partial charge in [0.25, 0.3) is 5.91 Å². The SMILES string of the molecule is CCOc1cc(/C=N\NC(=O)CN(c2cccc(C(F)(F)F)c2)S(C)(=O)=O)ccc1O. The monoisotopic (exact) mass is 459 g/mol. The molecule has 12 heteroatoms. The summed E-state index contributed by atoms with van der Waals surface area (Å²) in [4.78, 5) is 12.2. The molecule has 0 saturated heterocycles. The van der Waals surface area contributed by atoms with Crippen LogP contribution in [0.25, 0.3) is 0 Å². The highest BCUT2D eigenvalue weighted by Gasteiger charge is 2.32. The number of anilines is 1. The predicted molar refractivity (Wildman–Crippen MR) is 109 cm³/mol. The van der Waals surface area contributed by atoms with Gasteiger partial charge in [0.1, 0.15) is 6.54 Å². The number of hydrogen-bond donors (Lipinski definition) is 2. The van der Waals surface area contributed by atoms with E-state index in [1.165, 1.54) is 24.4 Å². The predicted octanol–water partition coefficient (Wildman–Crippen LogP) is 2.73. The number of phenols is 1. The molecule has 0 atom stereocenters. The second-order valence-corrected chi connectivity index (χ2v) is 8.18. The molecule has 0 bridgehead atoms. The average Bonchev–Trinajstić information content (AvgIpc) is 2.67. The molecule has 0 radical (unpaired) electrons. The van der Waals surface area contributed by atoms with Gasteiger partial charge in [-0.15, -0.1) is 0 Å². The van der Waals surface area contributed by atoms with Crippen molar-refractivity contribution in [3.63, 3.8) is 0 Å². The van der Waals surface area contributed by atoms with Crippen molar-refractivity contribution < 1.29 is 36.2 Å². The number of alkyl halides is 3. The third-order valence-corrected chi connectivity index (χ3v) is 4.98. The number of aromatic hydroxyl groups is 1. The van der Waals surface area contributed by atoms with E-state index in [1.54, 1.807) is 6.92 Å². The average molecular weight is 459 g/mol. The van der Waals surface area contributed by atoms with Crippen LogP contribution in [0.1, 0.15) is 18.1 Å². The zero-order valence-electron chi connectivity index (χ0n) is 16.5. The number of carbonyl (C=O) groups is 1. The first-order chi connectivity index (χ1) is 14.4. The number of phenolic OH excluding ortho intramolecular Hbond substituents is 1. The molecule has 0 unspecified atom stereocenters. The number of hydrazone groups is 1. The Kier molecular flexibility index (Phi) is 7.50. The molecular weight excluding hydrogens is 439 g/mol. The topological polar surface area (TPSA) is 108 Å². The Morgan fingerprint density at radius 1 is 1.26 bits per heavy atom. The lowest BCUT2D eigenvalue weighted by Crippen LogP contribution is -2.39. The molecule has 2 aromatic rings. The Bertz CT molecular complexity index is 1070. The molecule has 0 fully saturated rings. The van der Waals surface area contributed by atoms with Crippen LogP contribution in [0, 0.1) is 0 Å². The summed E-state index contributed by atoms with van der Waals surface area (Å²) >= 11 is 0. The van der Waals surface area contributed by atoms with Crippen molar-refractivity contribution in [3.8, 4) is 11.5 Å². The summed E-state index contributed by atoms with van der Waals surface area (Å²) in [6.07, 6.45) is -2.67. The van der Waals surface area contributed by atoms with Crippen molar-refractivity contribution in [1.29, 1.82) is 0 Å². The van der Waals surface area contributed by atoms with E-state index in [4.69, 9.17) is 4.74 Å². The van der Waals surface area contributed by atoms with E-state index in [0.29, 0.717) is 22.5 Å². The Balaban J connectivity index is 2.14. The van der Waals surface area contributed by atoms with Gasteiger partial charge in [0.15, 0.2) is 11.5 Å². The number of nitrogens with one attached hydrogen (secondary N) is 1. The molecule has 31 heavy (non-hydrogen) atoms. The number of amides is 1. The molecule has 0 aliphatic heterocycles. The van der Waals surface area contributed by atoms with E-state index in [2.05, 4.69) is 10.5 Å². The molecule has 0 aromatic heterocycles. The van der Waals surface area contributed by atoms with Crippen LogP contribution in [0.4, 0.5) is 18.9 Å². The second-order valence-electron chi connectivity index (χ2n) is 6.27. The number of sulfonamides is 1. The van der Waals surface area contributed by atoms with Crippen LogP contribution in [0.3, 0.4) is 0 Å². The third-order valence-electron chi connectivity index (χ3n) is 3.84. The molecule has 2 N–H and O–H groups in total. The van der Waals surface area contributed by atoms with E-state index in [0.717, 1.165) is 24.5 Å². The van der Waals surface area contributed by atoms with Crippen LogP contribution >= 0.6 is 0 Å². The Labute approximate surface area is 177 Å². The van der Waals surface area contributed by atoms with Crippen molar-refractivity contribution in [1.82, 2.24) is 5.43 Å². The summed E-state index contributed by atoms with van der Waals surface area (Å²) in [6.45, 7) is 1.28. The summed E-state index contributed by atoms with van der Waals surface area (Å²) in [5.41, 5.74) is 1.23. The van der Waals surface area contributed by atoms with Crippen molar-refractivity contribution in [2.75, 3.05) is 23.7 Å². The molecule has 2 aromatic carbocycles. The van der Waals surface area contributed by atoms with Crippen LogP contribution < -0.4 is 14.5 Å². The van der Waals surface area contributed by atoms with Gasteiger partial charge in [-0.3, -0.25) is 9.10 Å². The largest absolute Gasteiger partial charge is 0.504 e. The normalized spacial score (nSPS) is 12.0. The van der Waals surface area contributed by atoms with Gasteiger partial charge in [0.05, 0.1) is 30.3 Å². The molecule has 0 heterocycles. The number of benzene rings is 2. The second kappa shape index (κ2) is 9.69. The fourth-order valence-electron chi connectivity index (χ4n) is 2.46. The van der Waals surface area contributed by atoms with Gasteiger partial charge in [-0.1, -0.05) is 6.07 Å². The van der Waals surface area contributed by atoms with Gasteiger partial charge in [-0.05, 0) is 48.9 Å². The van der Waals surface area contributed by atoms with E-state index in [1.807, 2.05) is 0 Å². The zero-order chi connectivity index (χ0) is 23.2. The maximum Gasteiger partial charge on any atom is 0.416 e. The van der Waals surface area contributed by atoms with Crippen LogP contribution in [-0.2, 0) is 21.0 Å². The lowest BCUT2D eigenvalue weighted by Gasteiger charge is -2.22. The first kappa shape index (κ1) is 24.0. The quantitative estimate of drug-likeness (QED) is 0.466. The highest BCUT2D eigenvalue weighted by Crippen LogP contribution is 2.32. The summed E-state index contributed by atoms with van der Waals surface area (Å²) in [7, 11) is -4.06. The number of carbonyl (C=O) groups excluding carboxylic acids is 1. The van der Waals surface area contributed by atoms with Gasteiger partial charge in [-0.2, -0.15) is 18.3 Å². The number of ether oxygens (including phenoxy) is 1. The number of nitrogens with zero attached hydrogens (tertiary/aromatic N) is 2. The first-order valence-corrected chi connectivity index (χ1v) is 10.7. The lowest BCUT2D eigenvalue weighted by molar-refractivity contribution is -0.137. The van der Waals surface area contributed by atoms with Crippen molar-refractivity contribution in [3.05, 3.63) is 53.6 Å². The van der Waals surface area contributed by atoms with E-state index >= 15 is 0 Å². The lowest BCUT2D eigenvalue weighted by atomic mass is 10.2. The molecule has 1 amide bonds. The van der Waals surface area contributed by atoms with Gasteiger partial charge < -0.3 is 9.84 Å². The fraction of sp³-hybridized carbons (Fsp3) is 0.263. The third kappa shape index (κ3) is 6.88. The zero-order valence-corrected chi connectivity index (χ0v) is 17.4. The number of rotatable bonds is 8. The molecule has 0 saturated carbocycles. The summed E-state index contributed by atoms with van der Waals surface area (Å²) in [5.74, 6) is -0.735. The number of hydrogen-bond acceptors (Lipinski definition) is 6. The van der Waals surface area contributed by atoms with Gasteiger partial charge in [-0.25, -0.2) is 13.8 Å². The van der Waals surface area contributed by atoms with Crippen molar-refractivity contribution in [2.45, 2.75) is 13.1 Å². The van der Waals surface area contributed by atoms with E-state index in [-0.39, 0.29) is 17.2 Å².